The van der Waals surface area contributed by atoms with E-state index < -0.39 is 0 Å². The topological polar surface area (TPSA) is 20.3 Å². The third-order valence-electron chi connectivity index (χ3n) is 3.34. The van der Waals surface area contributed by atoms with E-state index in [1.165, 1.54) is 6.42 Å². The number of hydrogen-bond donors (Lipinski definition) is 0. The maximum Gasteiger partial charge on any atom is 0.151 e. The first-order chi connectivity index (χ1) is 7.61. The molecule has 1 aliphatic rings. The molecule has 0 bridgehead atoms. The van der Waals surface area contributed by atoms with Crippen LogP contribution >= 0.6 is 11.6 Å². The van der Waals surface area contributed by atoms with Gasteiger partial charge in [-0.3, -0.25) is 4.79 Å². The van der Waals surface area contributed by atoms with Gasteiger partial charge in [-0.05, 0) is 36.5 Å². The molecule has 1 aliphatic carbocycles. The summed E-state index contributed by atoms with van der Waals surface area (Å²) < 4.78 is 0. The molecule has 0 aliphatic heterocycles. The summed E-state index contributed by atoms with van der Waals surface area (Å²) in [6, 6.07) is 5.58. The Kier molecular flexibility index (Phi) is 3.20. The highest BCUT2D eigenvalue weighted by Gasteiger charge is 2.33. The zero-order valence-electron chi connectivity index (χ0n) is 9.61. The van der Waals surface area contributed by atoms with Crippen LogP contribution in [0.3, 0.4) is 0 Å². The van der Waals surface area contributed by atoms with Crippen molar-refractivity contribution in [2.24, 2.45) is 11.8 Å². The monoisotopic (exact) mass is 237 g/mol. The van der Waals surface area contributed by atoms with Gasteiger partial charge in [0.1, 0.15) is 0 Å². The molecule has 0 amide bonds. The van der Waals surface area contributed by atoms with Gasteiger partial charge in [-0.2, -0.15) is 0 Å². The molecule has 1 aromatic rings. The van der Waals surface area contributed by atoms with Crippen LogP contribution in [0.25, 0.3) is 0 Å². The Hall–Kier alpha value is -1.02. The summed E-state index contributed by atoms with van der Waals surface area (Å²) in [5.41, 5.74) is 1.63. The van der Waals surface area contributed by atoms with E-state index in [2.05, 4.69) is 18.9 Å². The molecule has 0 heterocycles. The van der Waals surface area contributed by atoms with Crippen LogP contribution in [0, 0.1) is 11.8 Å². The van der Waals surface area contributed by atoms with Crippen molar-refractivity contribution in [1.29, 1.82) is 0 Å². The predicted molar refractivity (Wildman–Crippen MR) is 67.4 cm³/mol. The van der Waals surface area contributed by atoms with Crippen LogP contribution in [0.5, 0.6) is 0 Å². The molecule has 3 heteroatoms. The molecular formula is C13H16ClNO. The molecule has 2 rings (SSSR count). The van der Waals surface area contributed by atoms with Crippen LogP contribution in [-0.4, -0.2) is 19.9 Å². The van der Waals surface area contributed by atoms with Crippen molar-refractivity contribution in [3.05, 3.63) is 28.8 Å². The van der Waals surface area contributed by atoms with Gasteiger partial charge in [0.05, 0.1) is 5.02 Å². The van der Waals surface area contributed by atoms with E-state index in [0.717, 1.165) is 30.4 Å². The number of hydrogen-bond acceptors (Lipinski definition) is 2. The average molecular weight is 238 g/mol. The molecule has 0 saturated heterocycles. The van der Waals surface area contributed by atoms with Gasteiger partial charge in [0.2, 0.25) is 0 Å². The SMILES string of the molecule is CC1CC1CN(C)c1ccc(C=O)c(Cl)c1. The van der Waals surface area contributed by atoms with Crippen molar-refractivity contribution in [3.8, 4) is 0 Å². The molecular weight excluding hydrogens is 222 g/mol. The van der Waals surface area contributed by atoms with Crippen molar-refractivity contribution in [2.75, 3.05) is 18.5 Å². The highest BCUT2D eigenvalue weighted by Crippen LogP contribution is 2.38. The van der Waals surface area contributed by atoms with E-state index >= 15 is 0 Å². The maximum atomic E-state index is 10.6. The predicted octanol–water partition coefficient (Wildman–Crippen LogP) is 3.24. The smallest absolute Gasteiger partial charge is 0.151 e. The molecule has 2 unspecified atom stereocenters. The van der Waals surface area contributed by atoms with Gasteiger partial charge in [-0.15, -0.1) is 0 Å². The minimum Gasteiger partial charge on any atom is -0.374 e. The van der Waals surface area contributed by atoms with Gasteiger partial charge in [0, 0.05) is 24.8 Å². The lowest BCUT2D eigenvalue weighted by atomic mass is 10.2. The van der Waals surface area contributed by atoms with E-state index in [4.69, 9.17) is 11.6 Å². The standard InChI is InChI=1S/C13H16ClNO/c1-9-5-11(9)7-15(2)12-4-3-10(8-16)13(14)6-12/h3-4,6,8-9,11H,5,7H2,1-2H3. The Balaban J connectivity index is 2.08. The van der Waals surface area contributed by atoms with E-state index in [1.807, 2.05) is 12.1 Å². The zero-order valence-corrected chi connectivity index (χ0v) is 10.4. The fraction of sp³-hybridized carbons (Fsp3) is 0.462. The first-order valence-corrected chi connectivity index (χ1v) is 5.95. The first kappa shape index (κ1) is 11.5. The maximum absolute atomic E-state index is 10.6. The average Bonchev–Trinajstić information content (AvgIpc) is 2.94. The molecule has 2 atom stereocenters. The van der Waals surface area contributed by atoms with Gasteiger partial charge >= 0.3 is 0 Å². The highest BCUT2D eigenvalue weighted by molar-refractivity contribution is 6.33. The van der Waals surface area contributed by atoms with Gasteiger partial charge in [-0.25, -0.2) is 0 Å². The number of halogens is 1. The Morgan fingerprint density at radius 2 is 2.25 bits per heavy atom. The fourth-order valence-corrected chi connectivity index (χ4v) is 2.18. The number of benzene rings is 1. The summed E-state index contributed by atoms with van der Waals surface area (Å²) in [4.78, 5) is 12.8. The summed E-state index contributed by atoms with van der Waals surface area (Å²) in [6.45, 7) is 3.35. The van der Waals surface area contributed by atoms with E-state index in [-0.39, 0.29) is 0 Å². The van der Waals surface area contributed by atoms with Crippen LogP contribution in [-0.2, 0) is 0 Å². The number of carbonyl (C=O) groups excluding carboxylic acids is 1. The van der Waals surface area contributed by atoms with Gasteiger partial charge < -0.3 is 4.90 Å². The fourth-order valence-electron chi connectivity index (χ4n) is 1.96. The van der Waals surface area contributed by atoms with E-state index in [0.29, 0.717) is 10.6 Å². The summed E-state index contributed by atoms with van der Waals surface area (Å²) in [5, 5.41) is 0.531. The number of anilines is 1. The second-order valence-corrected chi connectivity index (χ2v) is 5.08. The lowest BCUT2D eigenvalue weighted by molar-refractivity contribution is 0.112. The Morgan fingerprint density at radius 1 is 1.56 bits per heavy atom. The molecule has 0 spiro atoms. The Bertz CT molecular complexity index is 405. The van der Waals surface area contributed by atoms with E-state index in [1.54, 1.807) is 6.07 Å². The van der Waals surface area contributed by atoms with Crippen molar-refractivity contribution in [1.82, 2.24) is 0 Å². The minimum atomic E-state index is 0.531. The molecule has 1 fully saturated rings. The number of nitrogens with zero attached hydrogens (tertiary/aromatic N) is 1. The second-order valence-electron chi connectivity index (χ2n) is 4.68. The summed E-state index contributed by atoms with van der Waals surface area (Å²) in [7, 11) is 2.07. The molecule has 2 nitrogen and oxygen atoms in total. The Morgan fingerprint density at radius 3 is 2.75 bits per heavy atom. The number of aldehydes is 1. The summed E-state index contributed by atoms with van der Waals surface area (Å²) in [6.07, 6.45) is 2.11. The van der Waals surface area contributed by atoms with Crippen molar-refractivity contribution < 1.29 is 4.79 Å². The zero-order chi connectivity index (χ0) is 11.7. The van der Waals surface area contributed by atoms with Crippen LogP contribution in [0.1, 0.15) is 23.7 Å². The van der Waals surface area contributed by atoms with Gasteiger partial charge in [-0.1, -0.05) is 18.5 Å². The third-order valence-corrected chi connectivity index (χ3v) is 3.66. The quantitative estimate of drug-likeness (QED) is 0.750. The highest BCUT2D eigenvalue weighted by atomic mass is 35.5. The van der Waals surface area contributed by atoms with Gasteiger partial charge in [0.15, 0.2) is 6.29 Å². The van der Waals surface area contributed by atoms with Crippen molar-refractivity contribution >= 4 is 23.6 Å². The second kappa shape index (κ2) is 4.46. The first-order valence-electron chi connectivity index (χ1n) is 5.57. The number of carbonyl (C=O) groups is 1. The lowest BCUT2D eigenvalue weighted by Gasteiger charge is -2.19. The molecule has 86 valence electrons. The molecule has 1 aromatic carbocycles. The normalized spacial score (nSPS) is 22.9. The minimum absolute atomic E-state index is 0.531. The molecule has 0 radical (unpaired) electrons. The van der Waals surface area contributed by atoms with Crippen LogP contribution in [0.4, 0.5) is 5.69 Å². The third kappa shape index (κ3) is 2.38. The molecule has 16 heavy (non-hydrogen) atoms. The molecule has 1 saturated carbocycles. The largest absolute Gasteiger partial charge is 0.374 e. The molecule has 0 N–H and O–H groups in total. The Labute approximate surface area is 101 Å². The summed E-state index contributed by atoms with van der Waals surface area (Å²) in [5.74, 6) is 1.67. The lowest BCUT2D eigenvalue weighted by Crippen LogP contribution is -2.20. The van der Waals surface area contributed by atoms with Crippen LogP contribution < -0.4 is 4.90 Å². The molecule has 0 aromatic heterocycles. The van der Waals surface area contributed by atoms with E-state index in [9.17, 15) is 4.79 Å². The van der Waals surface area contributed by atoms with Gasteiger partial charge in [0.25, 0.3) is 0 Å². The van der Waals surface area contributed by atoms with Crippen molar-refractivity contribution in [3.63, 3.8) is 0 Å². The summed E-state index contributed by atoms with van der Waals surface area (Å²) >= 11 is 6.00. The van der Waals surface area contributed by atoms with Crippen LogP contribution in [0.15, 0.2) is 18.2 Å². The van der Waals surface area contributed by atoms with Crippen molar-refractivity contribution in [2.45, 2.75) is 13.3 Å². The number of rotatable bonds is 4. The van der Waals surface area contributed by atoms with Crippen LogP contribution in [0.2, 0.25) is 5.02 Å².